The molecule has 0 bridgehead atoms. The van der Waals surface area contributed by atoms with E-state index in [0.29, 0.717) is 12.0 Å². The van der Waals surface area contributed by atoms with E-state index in [-0.39, 0.29) is 5.91 Å². The van der Waals surface area contributed by atoms with E-state index in [0.717, 1.165) is 16.8 Å². The summed E-state index contributed by atoms with van der Waals surface area (Å²) in [7, 11) is 0. The van der Waals surface area contributed by atoms with E-state index >= 15 is 0 Å². The Kier molecular flexibility index (Phi) is 5.05. The lowest BCUT2D eigenvalue weighted by atomic mass is 10.1. The van der Waals surface area contributed by atoms with Crippen molar-refractivity contribution in [3.63, 3.8) is 0 Å². The van der Waals surface area contributed by atoms with Crippen molar-refractivity contribution in [2.45, 2.75) is 18.2 Å². The van der Waals surface area contributed by atoms with E-state index in [1.807, 2.05) is 43.3 Å². The number of carbonyl (C=O) groups is 1. The number of rotatable bonds is 4. The maximum Gasteiger partial charge on any atom is 0.255 e. The van der Waals surface area contributed by atoms with Crippen LogP contribution >= 0.6 is 23.2 Å². The van der Waals surface area contributed by atoms with Gasteiger partial charge in [-0.2, -0.15) is 0 Å². The first kappa shape index (κ1) is 14.9. The van der Waals surface area contributed by atoms with E-state index in [1.54, 1.807) is 12.1 Å². The van der Waals surface area contributed by atoms with Crippen LogP contribution in [-0.2, 0) is 6.42 Å². The molecular weight excluding hydrogens is 293 g/mol. The molecule has 2 aromatic carbocycles. The van der Waals surface area contributed by atoms with Gasteiger partial charge in [0.1, 0.15) is 4.84 Å². The van der Waals surface area contributed by atoms with Gasteiger partial charge in [-0.05, 0) is 36.2 Å². The second-order valence-electron chi connectivity index (χ2n) is 4.56. The highest BCUT2D eigenvalue weighted by atomic mass is 35.5. The highest BCUT2D eigenvalue weighted by Crippen LogP contribution is 2.16. The monoisotopic (exact) mass is 307 g/mol. The fourth-order valence-electron chi connectivity index (χ4n) is 1.88. The van der Waals surface area contributed by atoms with Crippen LogP contribution in [-0.4, -0.2) is 10.7 Å². The number of hydrogen-bond donors (Lipinski definition) is 1. The maximum absolute atomic E-state index is 12.1. The van der Waals surface area contributed by atoms with Crippen molar-refractivity contribution in [1.29, 1.82) is 0 Å². The topological polar surface area (TPSA) is 29.1 Å². The van der Waals surface area contributed by atoms with Gasteiger partial charge in [-0.1, -0.05) is 30.3 Å². The molecule has 2 nitrogen and oxygen atoms in total. The van der Waals surface area contributed by atoms with Crippen LogP contribution in [0.1, 0.15) is 21.5 Å². The molecule has 1 N–H and O–H groups in total. The number of benzene rings is 2. The summed E-state index contributed by atoms with van der Waals surface area (Å²) in [6.07, 6.45) is 0.572. The second-order valence-corrected chi connectivity index (χ2v) is 5.84. The number of anilines is 1. The van der Waals surface area contributed by atoms with Gasteiger partial charge >= 0.3 is 0 Å². The molecule has 4 heteroatoms. The van der Waals surface area contributed by atoms with Crippen molar-refractivity contribution in [1.82, 2.24) is 0 Å². The van der Waals surface area contributed by atoms with Crippen LogP contribution in [0.3, 0.4) is 0 Å². The Labute approximate surface area is 128 Å². The Hall–Kier alpha value is -1.51. The first-order chi connectivity index (χ1) is 9.56. The Morgan fingerprint density at radius 3 is 2.35 bits per heavy atom. The fourth-order valence-corrected chi connectivity index (χ4v) is 2.23. The molecule has 0 aliphatic rings. The second kappa shape index (κ2) is 6.78. The molecule has 2 aromatic rings. The molecule has 0 heterocycles. The summed E-state index contributed by atoms with van der Waals surface area (Å²) in [5.74, 6) is -0.126. The Balaban J connectivity index is 2.08. The standard InChI is InChI=1S/C16H15Cl2NO/c1-11-4-2-3-5-14(11)19-16(20)13-8-6-12(7-9-13)10-15(17)18/h2-9,15H,10H2,1H3,(H,19,20). The lowest BCUT2D eigenvalue weighted by molar-refractivity contribution is 0.102. The van der Waals surface area contributed by atoms with Crippen molar-refractivity contribution in [2.24, 2.45) is 0 Å². The summed E-state index contributed by atoms with van der Waals surface area (Å²) < 4.78 is 0. The molecular formula is C16H15Cl2NO. The van der Waals surface area contributed by atoms with E-state index < -0.39 is 4.84 Å². The third-order valence-corrected chi connectivity index (χ3v) is 3.31. The number of aryl methyl sites for hydroxylation is 1. The summed E-state index contributed by atoms with van der Waals surface area (Å²) in [4.78, 5) is 11.7. The van der Waals surface area contributed by atoms with Crippen molar-refractivity contribution >= 4 is 34.8 Å². The third-order valence-electron chi connectivity index (χ3n) is 3.00. The summed E-state index contributed by atoms with van der Waals surface area (Å²) in [6.45, 7) is 1.96. The molecule has 0 spiro atoms. The summed E-state index contributed by atoms with van der Waals surface area (Å²) in [5, 5.41) is 2.90. The van der Waals surface area contributed by atoms with E-state index in [2.05, 4.69) is 5.32 Å². The molecule has 0 fully saturated rings. The SMILES string of the molecule is Cc1ccccc1NC(=O)c1ccc(CC(Cl)Cl)cc1. The van der Waals surface area contributed by atoms with E-state index in [4.69, 9.17) is 23.2 Å². The van der Waals surface area contributed by atoms with Gasteiger partial charge in [-0.15, -0.1) is 23.2 Å². The zero-order valence-electron chi connectivity index (χ0n) is 11.1. The van der Waals surface area contributed by atoms with Gasteiger partial charge in [0.15, 0.2) is 0 Å². The predicted octanol–water partition coefficient (Wildman–Crippen LogP) is 4.59. The molecule has 0 aliphatic carbocycles. The smallest absolute Gasteiger partial charge is 0.255 e. The molecule has 0 unspecified atom stereocenters. The van der Waals surface area contributed by atoms with Gasteiger partial charge in [0, 0.05) is 17.7 Å². The van der Waals surface area contributed by atoms with Crippen molar-refractivity contribution in [3.05, 3.63) is 65.2 Å². The van der Waals surface area contributed by atoms with E-state index in [9.17, 15) is 4.79 Å². The molecule has 104 valence electrons. The van der Waals surface area contributed by atoms with Gasteiger partial charge in [0.05, 0.1) is 0 Å². The number of hydrogen-bond acceptors (Lipinski definition) is 1. The lowest BCUT2D eigenvalue weighted by Gasteiger charge is -2.08. The van der Waals surface area contributed by atoms with Crippen LogP contribution in [0.2, 0.25) is 0 Å². The zero-order valence-corrected chi connectivity index (χ0v) is 12.6. The van der Waals surface area contributed by atoms with Gasteiger partial charge in [-0.3, -0.25) is 4.79 Å². The maximum atomic E-state index is 12.1. The van der Waals surface area contributed by atoms with Crippen LogP contribution in [0.15, 0.2) is 48.5 Å². The molecule has 1 amide bonds. The summed E-state index contributed by atoms with van der Waals surface area (Å²) in [6, 6.07) is 15.0. The van der Waals surface area contributed by atoms with Crippen LogP contribution in [0.5, 0.6) is 0 Å². The molecule has 0 atom stereocenters. The highest BCUT2D eigenvalue weighted by molar-refractivity contribution is 6.44. The average Bonchev–Trinajstić information content (AvgIpc) is 2.41. The van der Waals surface area contributed by atoms with Crippen LogP contribution in [0, 0.1) is 6.92 Å². The molecule has 0 radical (unpaired) electrons. The Morgan fingerprint density at radius 1 is 1.10 bits per heavy atom. The number of halogens is 2. The molecule has 0 aliphatic heterocycles. The molecule has 0 saturated carbocycles. The first-order valence-corrected chi connectivity index (χ1v) is 7.17. The van der Waals surface area contributed by atoms with Gasteiger partial charge < -0.3 is 5.32 Å². The lowest BCUT2D eigenvalue weighted by Crippen LogP contribution is -2.12. The summed E-state index contributed by atoms with van der Waals surface area (Å²) in [5.41, 5.74) is 3.47. The van der Waals surface area contributed by atoms with Crippen LogP contribution < -0.4 is 5.32 Å². The summed E-state index contributed by atoms with van der Waals surface area (Å²) >= 11 is 11.5. The number of para-hydroxylation sites is 1. The normalized spacial score (nSPS) is 10.6. The molecule has 2 rings (SSSR count). The van der Waals surface area contributed by atoms with Crippen molar-refractivity contribution in [2.75, 3.05) is 5.32 Å². The minimum absolute atomic E-state index is 0.126. The average molecular weight is 308 g/mol. The molecule has 20 heavy (non-hydrogen) atoms. The van der Waals surface area contributed by atoms with Crippen LogP contribution in [0.25, 0.3) is 0 Å². The number of alkyl halides is 2. The van der Waals surface area contributed by atoms with Crippen LogP contribution in [0.4, 0.5) is 5.69 Å². The number of carbonyl (C=O) groups excluding carboxylic acids is 1. The highest BCUT2D eigenvalue weighted by Gasteiger charge is 2.08. The Bertz CT molecular complexity index is 594. The van der Waals surface area contributed by atoms with Crippen molar-refractivity contribution in [3.8, 4) is 0 Å². The van der Waals surface area contributed by atoms with E-state index in [1.165, 1.54) is 0 Å². The minimum Gasteiger partial charge on any atom is -0.322 e. The third kappa shape index (κ3) is 3.99. The minimum atomic E-state index is -0.429. The number of nitrogens with one attached hydrogen (secondary N) is 1. The van der Waals surface area contributed by atoms with Crippen molar-refractivity contribution < 1.29 is 4.79 Å². The van der Waals surface area contributed by atoms with Gasteiger partial charge in [0.25, 0.3) is 5.91 Å². The van der Waals surface area contributed by atoms with Gasteiger partial charge in [-0.25, -0.2) is 0 Å². The quantitative estimate of drug-likeness (QED) is 0.822. The fraction of sp³-hybridized carbons (Fsp3) is 0.188. The Morgan fingerprint density at radius 2 is 1.75 bits per heavy atom. The molecule has 0 saturated heterocycles. The largest absolute Gasteiger partial charge is 0.322 e. The predicted molar refractivity (Wildman–Crippen MR) is 84.8 cm³/mol. The number of amides is 1. The first-order valence-electron chi connectivity index (χ1n) is 6.30. The zero-order chi connectivity index (χ0) is 14.5. The molecule has 0 aromatic heterocycles. The van der Waals surface area contributed by atoms with Gasteiger partial charge in [0.2, 0.25) is 0 Å².